The van der Waals surface area contributed by atoms with Gasteiger partial charge in [0, 0.05) is 20.6 Å². The Bertz CT molecular complexity index is 460. The molecule has 0 spiro atoms. The fourth-order valence-electron chi connectivity index (χ4n) is 1.10. The average molecular weight is 259 g/mol. The first-order valence-electron chi connectivity index (χ1n) is 5.03. The number of nitrogens with zero attached hydrogens (tertiary/aromatic N) is 2. The topological polar surface area (TPSA) is 100 Å². The standard InChI is InChI=1S/C9H17N5O2S/c1-14(2)17(15,16)7-6-11-8-4-3-5-9(12-8)13-10/h3-5H,6-7,10H2,1-2H3,(H2,11,12,13). The molecule has 0 saturated heterocycles. The number of hydrogen-bond donors (Lipinski definition) is 3. The molecule has 1 heterocycles. The number of nitrogens with two attached hydrogens (primary N) is 1. The van der Waals surface area contributed by atoms with Crippen molar-refractivity contribution in [2.24, 2.45) is 5.84 Å². The van der Waals surface area contributed by atoms with Crippen LogP contribution in [0.3, 0.4) is 0 Å². The molecule has 7 nitrogen and oxygen atoms in total. The van der Waals surface area contributed by atoms with Crippen LogP contribution in [0.4, 0.5) is 11.6 Å². The van der Waals surface area contributed by atoms with Crippen molar-refractivity contribution in [2.75, 3.05) is 37.1 Å². The Morgan fingerprint density at radius 2 is 2.00 bits per heavy atom. The van der Waals surface area contributed by atoms with Gasteiger partial charge in [-0.05, 0) is 12.1 Å². The minimum Gasteiger partial charge on any atom is -0.369 e. The summed E-state index contributed by atoms with van der Waals surface area (Å²) in [5.41, 5.74) is 2.41. The molecule has 0 amide bonds. The predicted octanol–water partition coefficient (Wildman–Crippen LogP) is -0.329. The highest BCUT2D eigenvalue weighted by molar-refractivity contribution is 7.89. The van der Waals surface area contributed by atoms with Crippen LogP contribution >= 0.6 is 0 Å². The normalized spacial score (nSPS) is 11.5. The summed E-state index contributed by atoms with van der Waals surface area (Å²) in [6, 6.07) is 5.22. The van der Waals surface area contributed by atoms with Crippen molar-refractivity contribution in [1.29, 1.82) is 0 Å². The van der Waals surface area contributed by atoms with Gasteiger partial charge in [0.2, 0.25) is 10.0 Å². The molecule has 0 aliphatic heterocycles. The second-order valence-electron chi connectivity index (χ2n) is 3.58. The number of hydrogen-bond acceptors (Lipinski definition) is 6. The number of nitrogen functional groups attached to an aromatic ring is 1. The molecule has 4 N–H and O–H groups in total. The summed E-state index contributed by atoms with van der Waals surface area (Å²) in [6.07, 6.45) is 0. The van der Waals surface area contributed by atoms with Crippen molar-refractivity contribution in [1.82, 2.24) is 9.29 Å². The molecule has 1 aromatic rings. The van der Waals surface area contributed by atoms with Crippen LogP contribution in [0.2, 0.25) is 0 Å². The molecular weight excluding hydrogens is 242 g/mol. The molecule has 96 valence electrons. The Hall–Kier alpha value is -1.38. The van der Waals surface area contributed by atoms with Crippen LogP contribution in [-0.4, -0.2) is 44.1 Å². The zero-order valence-electron chi connectivity index (χ0n) is 9.84. The molecule has 0 saturated carbocycles. The molecule has 0 radical (unpaired) electrons. The van der Waals surface area contributed by atoms with E-state index in [2.05, 4.69) is 15.7 Å². The molecule has 8 heteroatoms. The van der Waals surface area contributed by atoms with Gasteiger partial charge in [-0.1, -0.05) is 6.07 Å². The average Bonchev–Trinajstić information content (AvgIpc) is 2.29. The largest absolute Gasteiger partial charge is 0.369 e. The molecule has 1 aromatic heterocycles. The maximum Gasteiger partial charge on any atom is 0.215 e. The van der Waals surface area contributed by atoms with Crippen molar-refractivity contribution in [3.05, 3.63) is 18.2 Å². The van der Waals surface area contributed by atoms with Crippen LogP contribution in [-0.2, 0) is 10.0 Å². The maximum atomic E-state index is 11.5. The Labute approximate surface area is 101 Å². The molecule has 0 aliphatic carbocycles. The van der Waals surface area contributed by atoms with Crippen LogP contribution in [0.1, 0.15) is 0 Å². The van der Waals surface area contributed by atoms with E-state index in [9.17, 15) is 8.42 Å². The van der Waals surface area contributed by atoms with Crippen molar-refractivity contribution in [3.63, 3.8) is 0 Å². The highest BCUT2D eigenvalue weighted by atomic mass is 32.2. The smallest absolute Gasteiger partial charge is 0.215 e. The highest BCUT2D eigenvalue weighted by Crippen LogP contribution is 2.07. The first-order valence-corrected chi connectivity index (χ1v) is 6.64. The van der Waals surface area contributed by atoms with Crippen LogP contribution in [0.5, 0.6) is 0 Å². The van der Waals surface area contributed by atoms with Gasteiger partial charge in [0.15, 0.2) is 0 Å². The van der Waals surface area contributed by atoms with Gasteiger partial charge in [-0.15, -0.1) is 0 Å². The summed E-state index contributed by atoms with van der Waals surface area (Å²) < 4.78 is 24.1. The second kappa shape index (κ2) is 5.80. The van der Waals surface area contributed by atoms with Gasteiger partial charge >= 0.3 is 0 Å². The van der Waals surface area contributed by atoms with Crippen LogP contribution < -0.4 is 16.6 Å². The first kappa shape index (κ1) is 13.7. The first-order chi connectivity index (χ1) is 7.95. The van der Waals surface area contributed by atoms with E-state index < -0.39 is 10.0 Å². The molecule has 0 atom stereocenters. The fraction of sp³-hybridized carbons (Fsp3) is 0.444. The van der Waals surface area contributed by atoms with E-state index in [1.165, 1.54) is 18.4 Å². The van der Waals surface area contributed by atoms with Gasteiger partial charge in [-0.3, -0.25) is 0 Å². The van der Waals surface area contributed by atoms with Gasteiger partial charge in [0.1, 0.15) is 11.6 Å². The lowest BCUT2D eigenvalue weighted by molar-refractivity contribution is 0.521. The van der Waals surface area contributed by atoms with E-state index >= 15 is 0 Å². The van der Waals surface area contributed by atoms with E-state index in [-0.39, 0.29) is 5.75 Å². The SMILES string of the molecule is CN(C)S(=O)(=O)CCNc1cccc(NN)n1. The molecule has 0 aliphatic rings. The molecule has 17 heavy (non-hydrogen) atoms. The molecule has 0 unspecified atom stereocenters. The molecular formula is C9H17N5O2S. The Morgan fingerprint density at radius 1 is 1.35 bits per heavy atom. The third-order valence-corrected chi connectivity index (χ3v) is 3.95. The number of aromatic nitrogens is 1. The lowest BCUT2D eigenvalue weighted by atomic mass is 10.4. The Morgan fingerprint density at radius 3 is 2.59 bits per heavy atom. The predicted molar refractivity (Wildman–Crippen MR) is 68.0 cm³/mol. The molecule has 0 bridgehead atoms. The summed E-state index contributed by atoms with van der Waals surface area (Å²) in [7, 11) is -0.168. The Kier molecular flexibility index (Phi) is 4.67. The van der Waals surface area contributed by atoms with Crippen molar-refractivity contribution < 1.29 is 8.42 Å². The summed E-state index contributed by atoms with van der Waals surface area (Å²) in [4.78, 5) is 4.10. The van der Waals surface area contributed by atoms with Gasteiger partial charge < -0.3 is 10.7 Å². The fourth-order valence-corrected chi connectivity index (χ4v) is 1.83. The van der Waals surface area contributed by atoms with E-state index in [0.29, 0.717) is 18.2 Å². The monoisotopic (exact) mass is 259 g/mol. The zero-order chi connectivity index (χ0) is 12.9. The molecule has 0 fully saturated rings. The van der Waals surface area contributed by atoms with Gasteiger partial charge in [0.05, 0.1) is 5.75 Å². The Balaban J connectivity index is 2.51. The van der Waals surface area contributed by atoms with Crippen molar-refractivity contribution in [3.8, 4) is 0 Å². The summed E-state index contributed by atoms with van der Waals surface area (Å²) in [6.45, 7) is 0.293. The van der Waals surface area contributed by atoms with E-state index in [1.54, 1.807) is 18.2 Å². The van der Waals surface area contributed by atoms with Gasteiger partial charge in [-0.2, -0.15) is 0 Å². The lowest BCUT2D eigenvalue weighted by Crippen LogP contribution is -2.28. The van der Waals surface area contributed by atoms with Crippen LogP contribution in [0.15, 0.2) is 18.2 Å². The van der Waals surface area contributed by atoms with Crippen molar-refractivity contribution >= 4 is 21.7 Å². The third-order valence-electron chi connectivity index (χ3n) is 2.12. The quantitative estimate of drug-likeness (QED) is 0.478. The van der Waals surface area contributed by atoms with E-state index in [1.807, 2.05) is 0 Å². The minimum absolute atomic E-state index is 0.0158. The van der Waals surface area contributed by atoms with Gasteiger partial charge in [-0.25, -0.2) is 23.5 Å². The zero-order valence-corrected chi connectivity index (χ0v) is 10.7. The minimum atomic E-state index is -3.18. The lowest BCUT2D eigenvalue weighted by Gasteiger charge is -2.12. The van der Waals surface area contributed by atoms with Crippen molar-refractivity contribution in [2.45, 2.75) is 0 Å². The summed E-state index contributed by atoms with van der Waals surface area (Å²) in [5.74, 6) is 6.33. The number of nitrogens with one attached hydrogen (secondary N) is 2. The molecule has 1 rings (SSSR count). The van der Waals surface area contributed by atoms with Gasteiger partial charge in [0.25, 0.3) is 0 Å². The number of hydrazine groups is 1. The number of anilines is 2. The van der Waals surface area contributed by atoms with E-state index in [0.717, 1.165) is 0 Å². The van der Waals surface area contributed by atoms with E-state index in [4.69, 9.17) is 5.84 Å². The maximum absolute atomic E-state index is 11.5. The molecule has 0 aromatic carbocycles. The number of pyridine rings is 1. The number of rotatable bonds is 6. The number of sulfonamides is 1. The summed E-state index contributed by atoms with van der Waals surface area (Å²) in [5, 5.41) is 2.92. The second-order valence-corrected chi connectivity index (χ2v) is 5.88. The summed E-state index contributed by atoms with van der Waals surface area (Å²) >= 11 is 0. The third kappa shape index (κ3) is 4.17. The van der Waals surface area contributed by atoms with Crippen LogP contribution in [0.25, 0.3) is 0 Å². The highest BCUT2D eigenvalue weighted by Gasteiger charge is 2.12. The van der Waals surface area contributed by atoms with Crippen LogP contribution in [0, 0.1) is 0 Å².